The number of likely N-dealkylation sites (N-methyl/N-ethyl adjacent to an activating group) is 1. The maximum absolute atomic E-state index is 4.20. The second kappa shape index (κ2) is 6.07. The molecule has 3 nitrogen and oxygen atoms in total. The second-order valence-electron chi connectivity index (χ2n) is 4.41. The van der Waals surface area contributed by atoms with Gasteiger partial charge >= 0.3 is 0 Å². The van der Waals surface area contributed by atoms with E-state index in [1.54, 1.807) is 0 Å². The van der Waals surface area contributed by atoms with Crippen LogP contribution in [0, 0.1) is 6.92 Å². The molecular formula is C14H19N3S. The van der Waals surface area contributed by atoms with E-state index in [4.69, 9.17) is 0 Å². The van der Waals surface area contributed by atoms with Gasteiger partial charge in [-0.05, 0) is 49.5 Å². The van der Waals surface area contributed by atoms with E-state index >= 15 is 0 Å². The molecule has 1 atom stereocenters. The lowest BCUT2D eigenvalue weighted by Crippen LogP contribution is -2.19. The third-order valence-electron chi connectivity index (χ3n) is 3.27. The van der Waals surface area contributed by atoms with Crippen molar-refractivity contribution in [3.63, 3.8) is 0 Å². The van der Waals surface area contributed by atoms with Crippen molar-refractivity contribution < 1.29 is 0 Å². The van der Waals surface area contributed by atoms with Crippen LogP contribution in [0.4, 0.5) is 0 Å². The Morgan fingerprint density at radius 2 is 2.11 bits per heavy atom. The molecule has 0 fully saturated rings. The van der Waals surface area contributed by atoms with E-state index in [9.17, 15) is 0 Å². The van der Waals surface area contributed by atoms with Crippen LogP contribution in [0.2, 0.25) is 0 Å². The fourth-order valence-electron chi connectivity index (χ4n) is 2.11. The fraction of sp³-hybridized carbons (Fsp3) is 0.429. The summed E-state index contributed by atoms with van der Waals surface area (Å²) in [6.07, 6.45) is 1.93. The van der Waals surface area contributed by atoms with E-state index < -0.39 is 0 Å². The molecule has 0 radical (unpaired) electrons. The van der Waals surface area contributed by atoms with E-state index in [1.165, 1.54) is 27.5 Å². The van der Waals surface area contributed by atoms with Crippen LogP contribution < -0.4 is 5.32 Å². The number of aromatic nitrogens is 2. The predicted octanol–water partition coefficient (Wildman–Crippen LogP) is 2.91. The Morgan fingerprint density at radius 3 is 2.78 bits per heavy atom. The highest BCUT2D eigenvalue weighted by Gasteiger charge is 2.17. The zero-order valence-corrected chi connectivity index (χ0v) is 11.9. The molecule has 1 N–H and O–H groups in total. The van der Waals surface area contributed by atoms with Crippen LogP contribution in [-0.2, 0) is 12.8 Å². The Labute approximate surface area is 112 Å². The smallest absolute Gasteiger partial charge is 0.0801 e. The Kier molecular flexibility index (Phi) is 4.44. The molecule has 0 bridgehead atoms. The lowest BCUT2D eigenvalue weighted by Gasteiger charge is -2.16. The normalized spacial score (nSPS) is 12.6. The SMILES string of the molecule is CCc1nnsc1C(Cc1ccccc1C)NC. The van der Waals surface area contributed by atoms with Crippen molar-refractivity contribution in [2.45, 2.75) is 32.7 Å². The van der Waals surface area contributed by atoms with Gasteiger partial charge in [0, 0.05) is 6.04 Å². The summed E-state index contributed by atoms with van der Waals surface area (Å²) >= 11 is 1.51. The van der Waals surface area contributed by atoms with Crippen molar-refractivity contribution >= 4 is 11.5 Å². The number of aryl methyl sites for hydroxylation is 2. The second-order valence-corrected chi connectivity index (χ2v) is 5.20. The van der Waals surface area contributed by atoms with Gasteiger partial charge in [-0.15, -0.1) is 5.10 Å². The van der Waals surface area contributed by atoms with Gasteiger partial charge in [-0.25, -0.2) is 0 Å². The van der Waals surface area contributed by atoms with E-state index in [2.05, 4.69) is 53.0 Å². The van der Waals surface area contributed by atoms with Crippen LogP contribution in [0.25, 0.3) is 0 Å². The summed E-state index contributed by atoms with van der Waals surface area (Å²) in [7, 11) is 2.00. The number of benzene rings is 1. The maximum Gasteiger partial charge on any atom is 0.0801 e. The number of hydrogen-bond donors (Lipinski definition) is 1. The van der Waals surface area contributed by atoms with Crippen LogP contribution in [0.5, 0.6) is 0 Å². The Bertz CT molecular complexity index is 507. The van der Waals surface area contributed by atoms with Crippen LogP contribution >= 0.6 is 11.5 Å². The molecular weight excluding hydrogens is 242 g/mol. The average molecular weight is 261 g/mol. The summed E-state index contributed by atoms with van der Waals surface area (Å²) < 4.78 is 4.08. The van der Waals surface area contributed by atoms with Crippen molar-refractivity contribution in [2.75, 3.05) is 7.05 Å². The molecule has 18 heavy (non-hydrogen) atoms. The lowest BCUT2D eigenvalue weighted by atomic mass is 9.99. The summed E-state index contributed by atoms with van der Waals surface area (Å²) in [5, 5.41) is 7.58. The van der Waals surface area contributed by atoms with Crippen LogP contribution in [0.3, 0.4) is 0 Å². The van der Waals surface area contributed by atoms with Crippen molar-refractivity contribution in [3.8, 4) is 0 Å². The highest BCUT2D eigenvalue weighted by molar-refractivity contribution is 7.05. The number of nitrogens with one attached hydrogen (secondary N) is 1. The molecule has 1 aromatic carbocycles. The largest absolute Gasteiger partial charge is 0.312 e. The van der Waals surface area contributed by atoms with Crippen molar-refractivity contribution in [1.29, 1.82) is 0 Å². The van der Waals surface area contributed by atoms with Gasteiger partial charge in [0.25, 0.3) is 0 Å². The standard InChI is InChI=1S/C14H19N3S/c1-4-12-14(18-17-16-12)13(15-3)9-11-8-6-5-7-10(11)2/h5-8,13,15H,4,9H2,1-3H3. The molecule has 0 aliphatic heterocycles. The molecule has 96 valence electrons. The van der Waals surface area contributed by atoms with Crippen molar-refractivity contribution in [2.24, 2.45) is 0 Å². The third kappa shape index (κ3) is 2.76. The average Bonchev–Trinajstić information content (AvgIpc) is 2.86. The Balaban J connectivity index is 2.23. The minimum atomic E-state index is 0.307. The number of rotatable bonds is 5. The molecule has 0 amide bonds. The first-order valence-electron chi connectivity index (χ1n) is 6.29. The molecule has 0 saturated heterocycles. The first kappa shape index (κ1) is 13.2. The zero-order chi connectivity index (χ0) is 13.0. The molecule has 1 aromatic heterocycles. The van der Waals surface area contributed by atoms with Gasteiger partial charge in [0.15, 0.2) is 0 Å². The number of hydrogen-bond acceptors (Lipinski definition) is 4. The molecule has 0 aliphatic carbocycles. The van der Waals surface area contributed by atoms with E-state index in [0.29, 0.717) is 6.04 Å². The zero-order valence-electron chi connectivity index (χ0n) is 11.1. The van der Waals surface area contributed by atoms with Crippen molar-refractivity contribution in [3.05, 3.63) is 46.0 Å². The first-order chi connectivity index (χ1) is 8.76. The summed E-state index contributed by atoms with van der Waals surface area (Å²) in [5.41, 5.74) is 3.84. The molecule has 1 heterocycles. The monoisotopic (exact) mass is 261 g/mol. The van der Waals surface area contributed by atoms with Gasteiger partial charge < -0.3 is 5.32 Å². The van der Waals surface area contributed by atoms with Crippen LogP contribution in [0.15, 0.2) is 24.3 Å². The lowest BCUT2D eigenvalue weighted by molar-refractivity contribution is 0.594. The third-order valence-corrected chi connectivity index (χ3v) is 4.15. The molecule has 2 aromatic rings. The minimum absolute atomic E-state index is 0.307. The van der Waals surface area contributed by atoms with Gasteiger partial charge in [-0.2, -0.15) is 0 Å². The topological polar surface area (TPSA) is 37.8 Å². The highest BCUT2D eigenvalue weighted by atomic mass is 32.1. The van der Waals surface area contributed by atoms with Gasteiger partial charge in [-0.3, -0.25) is 0 Å². The van der Waals surface area contributed by atoms with Gasteiger partial charge in [0.2, 0.25) is 0 Å². The van der Waals surface area contributed by atoms with E-state index in [-0.39, 0.29) is 0 Å². The minimum Gasteiger partial charge on any atom is -0.312 e. The van der Waals surface area contributed by atoms with Crippen LogP contribution in [0.1, 0.15) is 34.7 Å². The molecule has 1 unspecified atom stereocenters. The summed E-state index contributed by atoms with van der Waals surface area (Å²) in [6, 6.07) is 8.84. The molecule has 0 spiro atoms. The van der Waals surface area contributed by atoms with Crippen LogP contribution in [-0.4, -0.2) is 16.6 Å². The van der Waals surface area contributed by atoms with Gasteiger partial charge in [-0.1, -0.05) is 35.7 Å². The number of nitrogens with zero attached hydrogens (tertiary/aromatic N) is 2. The maximum atomic E-state index is 4.20. The summed E-state index contributed by atoms with van der Waals surface area (Å²) in [6.45, 7) is 4.29. The summed E-state index contributed by atoms with van der Waals surface area (Å²) in [5.74, 6) is 0. The Hall–Kier alpha value is -1.26. The van der Waals surface area contributed by atoms with Gasteiger partial charge in [0.05, 0.1) is 10.6 Å². The molecule has 0 aliphatic rings. The van der Waals surface area contributed by atoms with E-state index in [1.807, 2.05) is 7.05 Å². The van der Waals surface area contributed by atoms with Crippen molar-refractivity contribution in [1.82, 2.24) is 14.9 Å². The first-order valence-corrected chi connectivity index (χ1v) is 7.06. The molecule has 0 saturated carbocycles. The highest BCUT2D eigenvalue weighted by Crippen LogP contribution is 2.25. The molecule has 2 rings (SSSR count). The quantitative estimate of drug-likeness (QED) is 0.899. The predicted molar refractivity (Wildman–Crippen MR) is 76.0 cm³/mol. The molecule has 4 heteroatoms. The summed E-state index contributed by atoms with van der Waals surface area (Å²) in [4.78, 5) is 1.27. The Morgan fingerprint density at radius 1 is 1.33 bits per heavy atom. The van der Waals surface area contributed by atoms with E-state index in [0.717, 1.165) is 18.5 Å². The van der Waals surface area contributed by atoms with Gasteiger partial charge in [0.1, 0.15) is 0 Å². The fourth-order valence-corrected chi connectivity index (χ4v) is 2.96.